The Bertz CT molecular complexity index is 450. The molecular formula is C13H20ClN3O3. The average Bonchev–Trinajstić information content (AvgIpc) is 2.43. The molecule has 0 spiro atoms. The standard InChI is InChI=1S/C13H19N3O3.ClH/c1-3-15(4-2)9-8-14-13(17)11-6-5-7-12(10-11)16(18)19;/h5-7,10H,3-4,8-9H2,1-2H3,(H,14,17);1H. The van der Waals surface area contributed by atoms with Gasteiger partial charge in [0.05, 0.1) is 4.92 Å². The highest BCUT2D eigenvalue weighted by molar-refractivity contribution is 5.94. The Kier molecular flexibility index (Phi) is 8.51. The van der Waals surface area contributed by atoms with Gasteiger partial charge >= 0.3 is 0 Å². The van der Waals surface area contributed by atoms with Gasteiger partial charge in [0.25, 0.3) is 11.6 Å². The number of rotatable bonds is 7. The van der Waals surface area contributed by atoms with Crippen molar-refractivity contribution in [3.8, 4) is 0 Å². The van der Waals surface area contributed by atoms with E-state index in [2.05, 4.69) is 24.1 Å². The van der Waals surface area contributed by atoms with Crippen molar-refractivity contribution in [2.75, 3.05) is 26.2 Å². The minimum Gasteiger partial charge on any atom is -0.351 e. The van der Waals surface area contributed by atoms with Crippen LogP contribution in [0.4, 0.5) is 5.69 Å². The second-order valence-electron chi connectivity index (χ2n) is 4.09. The van der Waals surface area contributed by atoms with Crippen molar-refractivity contribution < 1.29 is 9.72 Å². The number of carbonyl (C=O) groups excluding carboxylic acids is 1. The van der Waals surface area contributed by atoms with Gasteiger partial charge in [-0.2, -0.15) is 0 Å². The van der Waals surface area contributed by atoms with Crippen LogP contribution in [-0.4, -0.2) is 41.9 Å². The van der Waals surface area contributed by atoms with Gasteiger partial charge in [0.2, 0.25) is 0 Å². The van der Waals surface area contributed by atoms with Crippen molar-refractivity contribution in [2.45, 2.75) is 13.8 Å². The Morgan fingerprint density at radius 3 is 2.55 bits per heavy atom. The lowest BCUT2D eigenvalue weighted by molar-refractivity contribution is -0.384. The first-order chi connectivity index (χ1) is 9.08. The monoisotopic (exact) mass is 301 g/mol. The van der Waals surface area contributed by atoms with Crippen molar-refractivity contribution in [1.29, 1.82) is 0 Å². The van der Waals surface area contributed by atoms with Crippen LogP contribution in [0, 0.1) is 10.1 Å². The van der Waals surface area contributed by atoms with Crippen LogP contribution in [0.15, 0.2) is 24.3 Å². The molecule has 0 bridgehead atoms. The molecule has 1 amide bonds. The lowest BCUT2D eigenvalue weighted by Crippen LogP contribution is -2.34. The number of hydrogen-bond donors (Lipinski definition) is 1. The molecule has 0 radical (unpaired) electrons. The Balaban J connectivity index is 0.00000361. The molecule has 0 unspecified atom stereocenters. The summed E-state index contributed by atoms with van der Waals surface area (Å²) in [5, 5.41) is 13.4. The predicted octanol–water partition coefficient (Wildman–Crippen LogP) is 2.09. The van der Waals surface area contributed by atoms with Gasteiger partial charge in [-0.15, -0.1) is 12.4 Å². The van der Waals surface area contributed by atoms with Crippen LogP contribution in [0.5, 0.6) is 0 Å². The quantitative estimate of drug-likeness (QED) is 0.618. The molecule has 1 aromatic carbocycles. The first kappa shape index (κ1) is 18.3. The molecule has 7 heteroatoms. The number of nitrogens with one attached hydrogen (secondary N) is 1. The Hall–Kier alpha value is -1.66. The molecule has 0 aliphatic rings. The van der Waals surface area contributed by atoms with Gasteiger partial charge in [-0.25, -0.2) is 0 Å². The zero-order valence-electron chi connectivity index (χ0n) is 11.7. The van der Waals surface area contributed by atoms with Crippen LogP contribution in [0.25, 0.3) is 0 Å². The Morgan fingerprint density at radius 1 is 1.35 bits per heavy atom. The van der Waals surface area contributed by atoms with E-state index in [0.29, 0.717) is 12.1 Å². The van der Waals surface area contributed by atoms with Crippen molar-refractivity contribution in [1.82, 2.24) is 10.2 Å². The zero-order chi connectivity index (χ0) is 14.3. The summed E-state index contributed by atoms with van der Waals surface area (Å²) in [6, 6.07) is 5.73. The van der Waals surface area contributed by atoms with Crippen molar-refractivity contribution in [2.24, 2.45) is 0 Å². The van der Waals surface area contributed by atoms with Crippen LogP contribution in [0.3, 0.4) is 0 Å². The van der Waals surface area contributed by atoms with E-state index in [1.807, 2.05) is 0 Å². The summed E-state index contributed by atoms with van der Waals surface area (Å²) < 4.78 is 0. The van der Waals surface area contributed by atoms with Crippen LogP contribution in [0.1, 0.15) is 24.2 Å². The summed E-state index contributed by atoms with van der Waals surface area (Å²) in [4.78, 5) is 24.1. The van der Waals surface area contributed by atoms with Crippen LogP contribution >= 0.6 is 12.4 Å². The topological polar surface area (TPSA) is 75.5 Å². The fraction of sp³-hybridized carbons (Fsp3) is 0.462. The van der Waals surface area contributed by atoms with E-state index in [1.165, 1.54) is 18.2 Å². The fourth-order valence-corrected chi connectivity index (χ4v) is 1.73. The van der Waals surface area contributed by atoms with E-state index in [1.54, 1.807) is 6.07 Å². The lowest BCUT2D eigenvalue weighted by Gasteiger charge is -2.17. The summed E-state index contributed by atoms with van der Waals surface area (Å²) in [6.45, 7) is 7.29. The summed E-state index contributed by atoms with van der Waals surface area (Å²) >= 11 is 0. The fourth-order valence-electron chi connectivity index (χ4n) is 1.73. The highest BCUT2D eigenvalue weighted by atomic mass is 35.5. The molecule has 20 heavy (non-hydrogen) atoms. The van der Waals surface area contributed by atoms with E-state index >= 15 is 0 Å². The largest absolute Gasteiger partial charge is 0.351 e. The lowest BCUT2D eigenvalue weighted by atomic mass is 10.2. The molecule has 112 valence electrons. The van der Waals surface area contributed by atoms with Gasteiger partial charge in [0.15, 0.2) is 0 Å². The highest BCUT2D eigenvalue weighted by Crippen LogP contribution is 2.12. The smallest absolute Gasteiger partial charge is 0.270 e. The van der Waals surface area contributed by atoms with Gasteiger partial charge < -0.3 is 10.2 Å². The number of benzene rings is 1. The Labute approximate surface area is 124 Å². The third-order valence-corrected chi connectivity index (χ3v) is 2.93. The van der Waals surface area contributed by atoms with Gasteiger partial charge in [-0.05, 0) is 19.2 Å². The molecule has 1 rings (SSSR count). The van der Waals surface area contributed by atoms with E-state index in [-0.39, 0.29) is 24.0 Å². The number of amides is 1. The first-order valence-corrected chi connectivity index (χ1v) is 6.33. The molecular weight excluding hydrogens is 282 g/mol. The van der Waals surface area contributed by atoms with Gasteiger partial charge in [-0.1, -0.05) is 19.9 Å². The molecule has 0 aliphatic carbocycles. The normalized spacial score (nSPS) is 9.95. The number of carbonyl (C=O) groups is 1. The minimum absolute atomic E-state index is 0. The van der Waals surface area contributed by atoms with Crippen molar-refractivity contribution >= 4 is 24.0 Å². The Morgan fingerprint density at radius 2 is 2.00 bits per heavy atom. The predicted molar refractivity (Wildman–Crippen MR) is 80.5 cm³/mol. The molecule has 1 N–H and O–H groups in total. The third-order valence-electron chi connectivity index (χ3n) is 2.93. The maximum atomic E-state index is 11.8. The van der Waals surface area contributed by atoms with Crippen LogP contribution in [-0.2, 0) is 0 Å². The van der Waals surface area contributed by atoms with Crippen LogP contribution < -0.4 is 5.32 Å². The number of hydrogen-bond acceptors (Lipinski definition) is 4. The molecule has 0 saturated heterocycles. The summed E-state index contributed by atoms with van der Waals surface area (Å²) in [7, 11) is 0. The molecule has 6 nitrogen and oxygen atoms in total. The van der Waals surface area contributed by atoms with E-state index in [0.717, 1.165) is 19.6 Å². The van der Waals surface area contributed by atoms with Gasteiger partial charge in [0.1, 0.15) is 0 Å². The molecule has 0 saturated carbocycles. The number of nitro groups is 1. The number of halogens is 1. The van der Waals surface area contributed by atoms with Crippen molar-refractivity contribution in [3.63, 3.8) is 0 Å². The number of non-ortho nitro benzene ring substituents is 1. The maximum absolute atomic E-state index is 11.8. The average molecular weight is 302 g/mol. The number of likely N-dealkylation sites (N-methyl/N-ethyl adjacent to an activating group) is 1. The molecule has 0 aromatic heterocycles. The second kappa shape index (κ2) is 9.28. The first-order valence-electron chi connectivity index (χ1n) is 6.33. The summed E-state index contributed by atoms with van der Waals surface area (Å²) in [5.74, 6) is -0.282. The molecule has 0 aliphatic heterocycles. The number of nitro benzene ring substituents is 1. The third kappa shape index (κ3) is 5.54. The minimum atomic E-state index is -0.507. The maximum Gasteiger partial charge on any atom is 0.270 e. The molecule has 0 fully saturated rings. The van der Waals surface area contributed by atoms with E-state index in [4.69, 9.17) is 0 Å². The molecule has 0 heterocycles. The van der Waals surface area contributed by atoms with Crippen LogP contribution in [0.2, 0.25) is 0 Å². The molecule has 0 atom stereocenters. The van der Waals surface area contributed by atoms with Crippen molar-refractivity contribution in [3.05, 3.63) is 39.9 Å². The molecule has 1 aromatic rings. The second-order valence-corrected chi connectivity index (χ2v) is 4.09. The highest BCUT2D eigenvalue weighted by Gasteiger charge is 2.11. The summed E-state index contributed by atoms with van der Waals surface area (Å²) in [6.07, 6.45) is 0. The van der Waals surface area contributed by atoms with Gasteiger partial charge in [-0.3, -0.25) is 14.9 Å². The summed E-state index contributed by atoms with van der Waals surface area (Å²) in [5.41, 5.74) is 0.241. The van der Waals surface area contributed by atoms with E-state index < -0.39 is 4.92 Å². The zero-order valence-corrected chi connectivity index (χ0v) is 12.5. The van der Waals surface area contributed by atoms with E-state index in [9.17, 15) is 14.9 Å². The number of nitrogens with zero attached hydrogens (tertiary/aromatic N) is 2. The SMILES string of the molecule is CCN(CC)CCNC(=O)c1cccc([N+](=O)[O-])c1.Cl. The van der Waals surface area contributed by atoms with Gasteiger partial charge in [0, 0.05) is 30.8 Å².